The van der Waals surface area contributed by atoms with Crippen molar-refractivity contribution >= 4 is 27.3 Å². The molecular weight excluding hydrogens is 392 g/mol. The van der Waals surface area contributed by atoms with Gasteiger partial charge in [0.15, 0.2) is 0 Å². The van der Waals surface area contributed by atoms with Gasteiger partial charge in [-0.1, -0.05) is 13.0 Å². The molecule has 150 valence electrons. The fourth-order valence-corrected chi connectivity index (χ4v) is 6.68. The topological polar surface area (TPSA) is 57.7 Å². The first-order valence-corrected chi connectivity index (χ1v) is 12.2. The zero-order chi connectivity index (χ0) is 19.9. The predicted molar refractivity (Wildman–Crippen MR) is 112 cm³/mol. The van der Waals surface area contributed by atoms with Gasteiger partial charge in [-0.15, -0.1) is 11.3 Å². The summed E-state index contributed by atoms with van der Waals surface area (Å²) in [6.07, 6.45) is 4.02. The lowest BCUT2D eigenvalue weighted by molar-refractivity contribution is 0.0702. The maximum Gasteiger partial charge on any atom is 0.264 e. The molecule has 0 N–H and O–H groups in total. The van der Waals surface area contributed by atoms with Crippen LogP contribution in [0.2, 0.25) is 0 Å². The quantitative estimate of drug-likeness (QED) is 0.766. The molecule has 0 spiro atoms. The third-order valence-corrected chi connectivity index (χ3v) is 8.82. The number of sulfonamides is 1. The Bertz CT molecular complexity index is 1000. The van der Waals surface area contributed by atoms with Gasteiger partial charge in [0, 0.05) is 31.1 Å². The van der Waals surface area contributed by atoms with Gasteiger partial charge in [-0.05, 0) is 67.5 Å². The minimum atomic E-state index is -3.51. The van der Waals surface area contributed by atoms with Crippen molar-refractivity contribution in [1.29, 1.82) is 0 Å². The number of rotatable bonds is 4. The Kier molecular flexibility index (Phi) is 5.33. The monoisotopic (exact) mass is 418 g/mol. The Morgan fingerprint density at radius 1 is 1.07 bits per heavy atom. The maximum atomic E-state index is 13.0. The lowest BCUT2D eigenvalue weighted by atomic mass is 10.1. The van der Waals surface area contributed by atoms with Crippen LogP contribution in [0.1, 0.15) is 44.6 Å². The summed E-state index contributed by atoms with van der Waals surface area (Å²) in [4.78, 5) is 16.9. The zero-order valence-corrected chi connectivity index (χ0v) is 18.0. The first kappa shape index (κ1) is 19.6. The molecule has 2 heterocycles. The highest BCUT2D eigenvalue weighted by Gasteiger charge is 2.31. The molecule has 0 saturated carbocycles. The van der Waals surface area contributed by atoms with E-state index < -0.39 is 10.0 Å². The SMILES string of the molecule is CCc1cc(C(=O)N2CCN(S(=O)(=O)c3ccc4c(c3)CCC4)CC2)sc1C. The fraction of sp³-hybridized carbons (Fsp3) is 0.476. The summed E-state index contributed by atoms with van der Waals surface area (Å²) >= 11 is 1.53. The molecule has 0 atom stereocenters. The Morgan fingerprint density at radius 3 is 2.46 bits per heavy atom. The van der Waals surface area contributed by atoms with E-state index in [0.717, 1.165) is 36.1 Å². The van der Waals surface area contributed by atoms with Gasteiger partial charge in [-0.25, -0.2) is 8.42 Å². The number of hydrogen-bond acceptors (Lipinski definition) is 4. The van der Waals surface area contributed by atoms with Crippen molar-refractivity contribution in [2.75, 3.05) is 26.2 Å². The summed E-state index contributed by atoms with van der Waals surface area (Å²) in [5, 5.41) is 0. The summed E-state index contributed by atoms with van der Waals surface area (Å²) in [6, 6.07) is 7.52. The number of fused-ring (bicyclic) bond motifs is 1. The molecule has 5 nitrogen and oxygen atoms in total. The van der Waals surface area contributed by atoms with E-state index in [2.05, 4.69) is 6.92 Å². The Hall–Kier alpha value is -1.70. The molecule has 0 radical (unpaired) electrons. The number of thiophene rings is 1. The van der Waals surface area contributed by atoms with Crippen LogP contribution >= 0.6 is 11.3 Å². The number of amides is 1. The van der Waals surface area contributed by atoms with E-state index >= 15 is 0 Å². The van der Waals surface area contributed by atoms with E-state index in [1.54, 1.807) is 11.0 Å². The van der Waals surface area contributed by atoms with Crippen LogP contribution in [0.3, 0.4) is 0 Å². The highest BCUT2D eigenvalue weighted by atomic mass is 32.2. The average molecular weight is 419 g/mol. The lowest BCUT2D eigenvalue weighted by Crippen LogP contribution is -2.50. The zero-order valence-electron chi connectivity index (χ0n) is 16.4. The normalized spacial score (nSPS) is 17.7. The molecule has 28 heavy (non-hydrogen) atoms. The summed E-state index contributed by atoms with van der Waals surface area (Å²) in [7, 11) is -3.51. The van der Waals surface area contributed by atoms with Crippen molar-refractivity contribution in [3.8, 4) is 0 Å². The minimum absolute atomic E-state index is 0.0161. The molecule has 4 rings (SSSR count). The van der Waals surface area contributed by atoms with Gasteiger partial charge in [0.25, 0.3) is 5.91 Å². The number of piperazine rings is 1. The highest BCUT2D eigenvalue weighted by Crippen LogP contribution is 2.28. The fourth-order valence-electron chi connectivity index (χ4n) is 4.12. The molecule has 1 fully saturated rings. The molecule has 1 saturated heterocycles. The smallest absolute Gasteiger partial charge is 0.264 e. The van der Waals surface area contributed by atoms with Gasteiger partial charge < -0.3 is 4.90 Å². The molecule has 7 heteroatoms. The molecule has 1 aromatic carbocycles. The van der Waals surface area contributed by atoms with Crippen molar-refractivity contribution in [3.63, 3.8) is 0 Å². The number of carbonyl (C=O) groups excluding carboxylic acids is 1. The summed E-state index contributed by atoms with van der Waals surface area (Å²) in [5.74, 6) is 0.0161. The number of nitrogens with zero attached hydrogens (tertiary/aromatic N) is 2. The molecular formula is C21H26N2O3S2. The van der Waals surface area contributed by atoms with Crippen molar-refractivity contribution in [1.82, 2.24) is 9.21 Å². The largest absolute Gasteiger partial charge is 0.335 e. The van der Waals surface area contributed by atoms with Crippen molar-refractivity contribution in [2.24, 2.45) is 0 Å². The van der Waals surface area contributed by atoms with Crippen LogP contribution in [0.15, 0.2) is 29.2 Å². The Labute approximate surface area is 171 Å². The number of hydrogen-bond donors (Lipinski definition) is 0. The molecule has 0 unspecified atom stereocenters. The number of benzene rings is 1. The van der Waals surface area contributed by atoms with E-state index in [9.17, 15) is 13.2 Å². The Balaban J connectivity index is 1.45. The molecule has 1 amide bonds. The second-order valence-corrected chi connectivity index (χ2v) is 10.7. The van der Waals surface area contributed by atoms with E-state index in [4.69, 9.17) is 0 Å². The third-order valence-electron chi connectivity index (χ3n) is 5.85. The van der Waals surface area contributed by atoms with Gasteiger partial charge in [0.05, 0.1) is 9.77 Å². The lowest BCUT2D eigenvalue weighted by Gasteiger charge is -2.33. The standard InChI is InChI=1S/C21H26N2O3S2/c1-3-16-14-20(27-15(16)2)21(24)22-9-11-23(12-10-22)28(25,26)19-8-7-17-5-4-6-18(17)13-19/h7-8,13-14H,3-6,9-12H2,1-2H3. The number of aryl methyl sites for hydroxylation is 4. The minimum Gasteiger partial charge on any atom is -0.335 e. The first-order valence-electron chi connectivity index (χ1n) is 9.90. The second-order valence-electron chi connectivity index (χ2n) is 7.53. The van der Waals surface area contributed by atoms with E-state index in [1.807, 2.05) is 25.1 Å². The van der Waals surface area contributed by atoms with Crippen LogP contribution in [0.4, 0.5) is 0 Å². The summed E-state index contributed by atoms with van der Waals surface area (Å²) in [5.41, 5.74) is 3.65. The Morgan fingerprint density at radius 2 is 1.79 bits per heavy atom. The average Bonchev–Trinajstić information content (AvgIpc) is 3.33. The van der Waals surface area contributed by atoms with Gasteiger partial charge in [0.1, 0.15) is 0 Å². The van der Waals surface area contributed by atoms with Gasteiger partial charge in [-0.2, -0.15) is 4.31 Å². The van der Waals surface area contributed by atoms with E-state index in [0.29, 0.717) is 31.1 Å². The summed E-state index contributed by atoms with van der Waals surface area (Å²) < 4.78 is 27.6. The maximum absolute atomic E-state index is 13.0. The molecule has 2 aliphatic rings. The van der Waals surface area contributed by atoms with Crippen LogP contribution in [-0.4, -0.2) is 49.7 Å². The van der Waals surface area contributed by atoms with Crippen molar-refractivity contribution in [3.05, 3.63) is 50.7 Å². The van der Waals surface area contributed by atoms with Crippen LogP contribution in [0, 0.1) is 6.92 Å². The predicted octanol–water partition coefficient (Wildman–Crippen LogP) is 3.25. The highest BCUT2D eigenvalue weighted by molar-refractivity contribution is 7.89. The van der Waals surface area contributed by atoms with Gasteiger partial charge >= 0.3 is 0 Å². The molecule has 1 aliphatic carbocycles. The van der Waals surface area contributed by atoms with Crippen molar-refractivity contribution < 1.29 is 13.2 Å². The van der Waals surface area contributed by atoms with Crippen molar-refractivity contribution in [2.45, 2.75) is 44.4 Å². The molecule has 1 aromatic heterocycles. The summed E-state index contributed by atoms with van der Waals surface area (Å²) in [6.45, 7) is 5.68. The van der Waals surface area contributed by atoms with Crippen LogP contribution in [-0.2, 0) is 29.3 Å². The second kappa shape index (κ2) is 7.61. The number of carbonyl (C=O) groups is 1. The molecule has 1 aliphatic heterocycles. The van der Waals surface area contributed by atoms with Gasteiger partial charge in [0.2, 0.25) is 10.0 Å². The van der Waals surface area contributed by atoms with Crippen LogP contribution in [0.5, 0.6) is 0 Å². The third kappa shape index (κ3) is 3.51. The van der Waals surface area contributed by atoms with Crippen LogP contribution < -0.4 is 0 Å². The molecule has 2 aromatic rings. The van der Waals surface area contributed by atoms with Crippen LogP contribution in [0.25, 0.3) is 0 Å². The molecule has 0 bridgehead atoms. The van der Waals surface area contributed by atoms with E-state index in [1.165, 1.54) is 31.6 Å². The first-order chi connectivity index (χ1) is 13.4. The van der Waals surface area contributed by atoms with E-state index in [-0.39, 0.29) is 5.91 Å². The van der Waals surface area contributed by atoms with Gasteiger partial charge in [-0.3, -0.25) is 4.79 Å².